The number of carbonyl (C=O) groups is 3. The molecule has 2 N–H and O–H groups in total. The van der Waals surface area contributed by atoms with Crippen LogP contribution in [0.3, 0.4) is 0 Å². The van der Waals surface area contributed by atoms with E-state index in [0.717, 1.165) is 38.5 Å². The molecule has 1 saturated heterocycles. The summed E-state index contributed by atoms with van der Waals surface area (Å²) in [5, 5.41) is 12.2. The molecule has 0 spiro atoms. The molecule has 140 valence electrons. The average Bonchev–Trinajstić information content (AvgIpc) is 3.00. The molecule has 25 heavy (non-hydrogen) atoms. The van der Waals surface area contributed by atoms with Crippen molar-refractivity contribution in [2.75, 3.05) is 6.54 Å². The van der Waals surface area contributed by atoms with Crippen molar-refractivity contribution >= 4 is 17.8 Å². The van der Waals surface area contributed by atoms with E-state index in [-0.39, 0.29) is 24.4 Å². The van der Waals surface area contributed by atoms with Crippen LogP contribution in [-0.2, 0) is 14.4 Å². The van der Waals surface area contributed by atoms with Crippen molar-refractivity contribution in [2.24, 2.45) is 11.8 Å². The summed E-state index contributed by atoms with van der Waals surface area (Å²) < 4.78 is 0. The lowest BCUT2D eigenvalue weighted by atomic mass is 9.85. The number of nitrogens with zero attached hydrogens (tertiary/aromatic N) is 1. The first-order valence-corrected chi connectivity index (χ1v) is 9.87. The summed E-state index contributed by atoms with van der Waals surface area (Å²) >= 11 is 0. The Balaban J connectivity index is 1.53. The second kappa shape index (κ2) is 8.19. The molecule has 0 bridgehead atoms. The Kier molecular flexibility index (Phi) is 5.97. The van der Waals surface area contributed by atoms with Crippen molar-refractivity contribution in [2.45, 2.75) is 82.7 Å². The first kappa shape index (κ1) is 18.2. The summed E-state index contributed by atoms with van der Waals surface area (Å²) in [7, 11) is 0. The molecule has 1 aliphatic heterocycles. The normalized spacial score (nSPS) is 29.9. The van der Waals surface area contributed by atoms with Crippen LogP contribution in [0.15, 0.2) is 0 Å². The van der Waals surface area contributed by atoms with E-state index in [0.29, 0.717) is 24.7 Å². The lowest BCUT2D eigenvalue weighted by molar-refractivity contribution is -0.149. The maximum absolute atomic E-state index is 12.7. The maximum atomic E-state index is 12.7. The van der Waals surface area contributed by atoms with Gasteiger partial charge in [0.1, 0.15) is 6.04 Å². The fourth-order valence-corrected chi connectivity index (χ4v) is 5.03. The first-order valence-electron chi connectivity index (χ1n) is 9.87. The van der Waals surface area contributed by atoms with Crippen LogP contribution >= 0.6 is 0 Å². The molecule has 3 rings (SSSR count). The van der Waals surface area contributed by atoms with Gasteiger partial charge in [0.15, 0.2) is 0 Å². The predicted octanol–water partition coefficient (Wildman–Crippen LogP) is 2.32. The third-order valence-corrected chi connectivity index (χ3v) is 6.30. The highest BCUT2D eigenvalue weighted by molar-refractivity contribution is 5.88. The minimum atomic E-state index is -0.920. The van der Waals surface area contributed by atoms with Crippen LogP contribution in [0.4, 0.5) is 0 Å². The third kappa shape index (κ3) is 4.33. The van der Waals surface area contributed by atoms with Crippen molar-refractivity contribution in [3.05, 3.63) is 0 Å². The average molecular weight is 350 g/mol. The van der Waals surface area contributed by atoms with Crippen LogP contribution in [0.5, 0.6) is 0 Å². The number of carboxylic acid groups (broad SMARTS) is 1. The highest BCUT2D eigenvalue weighted by Crippen LogP contribution is 2.39. The van der Waals surface area contributed by atoms with Gasteiger partial charge < -0.3 is 15.3 Å². The van der Waals surface area contributed by atoms with Gasteiger partial charge in [-0.05, 0) is 43.9 Å². The highest BCUT2D eigenvalue weighted by Gasteiger charge is 2.47. The van der Waals surface area contributed by atoms with Crippen LogP contribution in [-0.4, -0.2) is 46.4 Å². The summed E-state index contributed by atoms with van der Waals surface area (Å²) in [6.07, 6.45) is 10.9. The number of hydrogen-bond acceptors (Lipinski definition) is 3. The van der Waals surface area contributed by atoms with Crippen molar-refractivity contribution < 1.29 is 19.5 Å². The number of nitrogens with one attached hydrogen (secondary N) is 1. The Bertz CT molecular complexity index is 516. The summed E-state index contributed by atoms with van der Waals surface area (Å²) in [6, 6.07) is -0.687. The number of rotatable bonds is 5. The van der Waals surface area contributed by atoms with E-state index in [9.17, 15) is 19.5 Å². The molecular formula is C19H30N2O4. The standard InChI is InChI=1S/C19H30N2O4/c22-17(10-13-6-2-1-3-7-13)20-12-18(23)21-15-9-5-4-8-14(15)11-16(21)19(24)25/h13-16H,1-12H2,(H,20,22)(H,24,25). The molecule has 6 nitrogen and oxygen atoms in total. The largest absolute Gasteiger partial charge is 0.480 e. The van der Waals surface area contributed by atoms with Crippen molar-refractivity contribution in [3.8, 4) is 0 Å². The molecule has 3 atom stereocenters. The van der Waals surface area contributed by atoms with Gasteiger partial charge in [0, 0.05) is 12.5 Å². The third-order valence-electron chi connectivity index (χ3n) is 6.30. The van der Waals surface area contributed by atoms with E-state index in [2.05, 4.69) is 5.32 Å². The second-order valence-corrected chi connectivity index (χ2v) is 7.99. The van der Waals surface area contributed by atoms with E-state index >= 15 is 0 Å². The fourth-order valence-electron chi connectivity index (χ4n) is 5.03. The zero-order chi connectivity index (χ0) is 17.8. The van der Waals surface area contributed by atoms with Gasteiger partial charge in [0.05, 0.1) is 6.54 Å². The van der Waals surface area contributed by atoms with Crippen LogP contribution in [0.25, 0.3) is 0 Å². The van der Waals surface area contributed by atoms with E-state index in [1.807, 2.05) is 0 Å². The number of amides is 2. The first-order chi connectivity index (χ1) is 12.1. The van der Waals surface area contributed by atoms with Crippen LogP contribution in [0.1, 0.15) is 70.6 Å². The Morgan fingerprint density at radius 2 is 1.64 bits per heavy atom. The minimum Gasteiger partial charge on any atom is -0.480 e. The van der Waals surface area contributed by atoms with E-state index in [1.54, 1.807) is 4.90 Å². The predicted molar refractivity (Wildman–Crippen MR) is 92.8 cm³/mol. The zero-order valence-corrected chi connectivity index (χ0v) is 14.9. The number of carboxylic acids is 1. The Hall–Kier alpha value is -1.59. The number of fused-ring (bicyclic) bond motifs is 1. The molecule has 2 aliphatic carbocycles. The summed E-state index contributed by atoms with van der Waals surface area (Å²) in [5.74, 6) is -0.497. The Morgan fingerprint density at radius 3 is 2.36 bits per heavy atom. The molecule has 0 radical (unpaired) electrons. The molecule has 3 aliphatic rings. The van der Waals surface area contributed by atoms with Crippen molar-refractivity contribution in [1.82, 2.24) is 10.2 Å². The number of aliphatic carboxylic acids is 1. The van der Waals surface area contributed by atoms with Gasteiger partial charge in [0.2, 0.25) is 11.8 Å². The van der Waals surface area contributed by atoms with Crippen molar-refractivity contribution in [3.63, 3.8) is 0 Å². The van der Waals surface area contributed by atoms with Gasteiger partial charge in [-0.1, -0.05) is 32.1 Å². The fraction of sp³-hybridized carbons (Fsp3) is 0.842. The monoisotopic (exact) mass is 350 g/mol. The van der Waals surface area contributed by atoms with Crippen LogP contribution < -0.4 is 5.32 Å². The van der Waals surface area contributed by atoms with Gasteiger partial charge in [0.25, 0.3) is 0 Å². The molecule has 0 aromatic carbocycles. The maximum Gasteiger partial charge on any atom is 0.326 e. The van der Waals surface area contributed by atoms with Gasteiger partial charge in [-0.2, -0.15) is 0 Å². The summed E-state index contributed by atoms with van der Waals surface area (Å²) in [6.45, 7) is -0.0709. The zero-order valence-electron chi connectivity index (χ0n) is 14.9. The van der Waals surface area contributed by atoms with Gasteiger partial charge in [-0.15, -0.1) is 0 Å². The quantitative estimate of drug-likeness (QED) is 0.797. The minimum absolute atomic E-state index is 0.0394. The summed E-state index contributed by atoms with van der Waals surface area (Å²) in [5.41, 5.74) is 0. The van der Waals surface area contributed by atoms with Crippen LogP contribution in [0.2, 0.25) is 0 Å². The molecule has 0 aromatic heterocycles. The molecule has 2 amide bonds. The number of hydrogen-bond donors (Lipinski definition) is 2. The molecule has 0 aromatic rings. The molecular weight excluding hydrogens is 320 g/mol. The smallest absolute Gasteiger partial charge is 0.326 e. The van der Waals surface area contributed by atoms with E-state index in [1.165, 1.54) is 19.3 Å². The number of carbonyl (C=O) groups excluding carboxylic acids is 2. The molecule has 3 fully saturated rings. The van der Waals surface area contributed by atoms with E-state index in [4.69, 9.17) is 0 Å². The highest BCUT2D eigenvalue weighted by atomic mass is 16.4. The lowest BCUT2D eigenvalue weighted by Gasteiger charge is -2.33. The SMILES string of the molecule is O=C(CC1CCCCC1)NCC(=O)N1C(C(=O)O)CC2CCCCC21. The molecule has 1 heterocycles. The number of likely N-dealkylation sites (tertiary alicyclic amines) is 1. The second-order valence-electron chi connectivity index (χ2n) is 7.99. The van der Waals surface area contributed by atoms with E-state index < -0.39 is 12.0 Å². The molecule has 3 unspecified atom stereocenters. The molecule has 2 saturated carbocycles. The van der Waals surface area contributed by atoms with Crippen LogP contribution in [0, 0.1) is 11.8 Å². The van der Waals surface area contributed by atoms with Gasteiger partial charge in [-0.25, -0.2) is 4.79 Å². The van der Waals surface area contributed by atoms with Gasteiger partial charge in [-0.3, -0.25) is 9.59 Å². The topological polar surface area (TPSA) is 86.7 Å². The van der Waals surface area contributed by atoms with Gasteiger partial charge >= 0.3 is 5.97 Å². The lowest BCUT2D eigenvalue weighted by Crippen LogP contribution is -2.50. The Labute approximate surface area is 149 Å². The molecule has 6 heteroatoms. The summed E-state index contributed by atoms with van der Waals surface area (Å²) in [4.78, 5) is 37.9. The van der Waals surface area contributed by atoms with Crippen molar-refractivity contribution in [1.29, 1.82) is 0 Å². The Morgan fingerprint density at radius 1 is 0.960 bits per heavy atom.